The maximum atomic E-state index is 3.39. The maximum Gasteiger partial charge on any atom is 0.0283 e. The molecule has 0 amide bonds. The maximum absolute atomic E-state index is 3.39. The highest BCUT2D eigenvalue weighted by atomic mass is 79.9. The van der Waals surface area contributed by atoms with Crippen molar-refractivity contribution in [3.05, 3.63) is 40.4 Å². The molecule has 0 heterocycles. The van der Waals surface area contributed by atoms with Crippen LogP contribution in [0, 0.1) is 0 Å². The second-order valence-corrected chi connectivity index (χ2v) is 3.26. The Morgan fingerprint density at radius 3 is 2.27 bits per heavy atom. The summed E-state index contributed by atoms with van der Waals surface area (Å²) in [5.41, 5.74) is 2.52. The molecule has 0 aliphatic heterocycles. The van der Waals surface area contributed by atoms with Gasteiger partial charge in [-0.3, -0.25) is 0 Å². The Labute approximate surface area is 83.6 Å². The first-order chi connectivity index (χ1) is 5.36. The summed E-state index contributed by atoms with van der Waals surface area (Å²) in [5.74, 6) is 0. The van der Waals surface area contributed by atoms with Crippen LogP contribution in [-0.2, 0) is 5.33 Å². The summed E-state index contributed by atoms with van der Waals surface area (Å²) in [7, 11) is 0. The number of benzene rings is 1. The third-order valence-corrected chi connectivity index (χ3v) is 2.30. The van der Waals surface area contributed by atoms with Gasteiger partial charge in [-0.1, -0.05) is 56.1 Å². The Morgan fingerprint density at radius 1 is 1.18 bits per heavy atom. The van der Waals surface area contributed by atoms with Crippen LogP contribution in [0.25, 0.3) is 6.08 Å². The topological polar surface area (TPSA) is 0 Å². The zero-order valence-corrected chi connectivity index (χ0v) is 9.10. The van der Waals surface area contributed by atoms with E-state index in [1.165, 1.54) is 11.1 Å². The van der Waals surface area contributed by atoms with E-state index in [2.05, 4.69) is 56.1 Å². The van der Waals surface area contributed by atoms with Crippen LogP contribution in [0.15, 0.2) is 29.3 Å². The van der Waals surface area contributed by atoms with Gasteiger partial charge in [-0.15, -0.1) is 0 Å². The van der Waals surface area contributed by atoms with Crippen molar-refractivity contribution >= 4 is 37.9 Å². The molecule has 0 aliphatic rings. The van der Waals surface area contributed by atoms with Crippen molar-refractivity contribution in [2.75, 3.05) is 0 Å². The van der Waals surface area contributed by atoms with Gasteiger partial charge in [0.2, 0.25) is 0 Å². The van der Waals surface area contributed by atoms with E-state index in [1.54, 1.807) is 0 Å². The van der Waals surface area contributed by atoms with E-state index in [4.69, 9.17) is 0 Å². The summed E-state index contributed by atoms with van der Waals surface area (Å²) in [6.45, 7) is 0. The van der Waals surface area contributed by atoms with Crippen molar-refractivity contribution in [1.82, 2.24) is 0 Å². The van der Waals surface area contributed by atoms with Crippen LogP contribution in [0.2, 0.25) is 0 Å². The van der Waals surface area contributed by atoms with Crippen LogP contribution in [-0.4, -0.2) is 0 Å². The minimum Gasteiger partial charge on any atom is -0.0876 e. The fourth-order valence-corrected chi connectivity index (χ4v) is 1.47. The van der Waals surface area contributed by atoms with Gasteiger partial charge in [0, 0.05) is 5.33 Å². The molecule has 0 spiro atoms. The molecule has 0 aromatic heterocycles. The second kappa shape index (κ2) is 4.73. The van der Waals surface area contributed by atoms with Gasteiger partial charge in [-0.05, 0) is 22.2 Å². The molecular formula is C9H8Br2. The second-order valence-electron chi connectivity index (χ2n) is 2.17. The van der Waals surface area contributed by atoms with E-state index in [1.807, 2.05) is 11.1 Å². The van der Waals surface area contributed by atoms with Crippen LogP contribution in [0.4, 0.5) is 0 Å². The quantitative estimate of drug-likeness (QED) is 0.717. The molecule has 0 saturated heterocycles. The number of hydrogen-bond acceptors (Lipinski definition) is 0. The Kier molecular flexibility index (Phi) is 3.87. The summed E-state index contributed by atoms with van der Waals surface area (Å²) in [6, 6.07) is 8.40. The predicted molar refractivity (Wildman–Crippen MR) is 57.0 cm³/mol. The average molecular weight is 276 g/mol. The third kappa shape index (κ3) is 2.80. The molecule has 1 aromatic rings. The van der Waals surface area contributed by atoms with Crippen molar-refractivity contribution in [2.24, 2.45) is 0 Å². The first kappa shape index (κ1) is 9.01. The van der Waals surface area contributed by atoms with Gasteiger partial charge in [-0.2, -0.15) is 0 Å². The van der Waals surface area contributed by atoms with E-state index >= 15 is 0 Å². The van der Waals surface area contributed by atoms with Gasteiger partial charge < -0.3 is 0 Å². The van der Waals surface area contributed by atoms with E-state index < -0.39 is 0 Å². The lowest BCUT2D eigenvalue weighted by molar-refractivity contribution is 1.43. The summed E-state index contributed by atoms with van der Waals surface area (Å²) in [6.07, 6.45) is 2.01. The van der Waals surface area contributed by atoms with Crippen LogP contribution < -0.4 is 0 Å². The van der Waals surface area contributed by atoms with Gasteiger partial charge in [0.05, 0.1) is 0 Å². The molecule has 0 saturated carbocycles. The normalized spacial score (nSPS) is 10.7. The van der Waals surface area contributed by atoms with Crippen molar-refractivity contribution in [2.45, 2.75) is 5.33 Å². The lowest BCUT2D eigenvalue weighted by Gasteiger charge is -1.95. The number of halogens is 2. The third-order valence-electron chi connectivity index (χ3n) is 1.39. The molecule has 58 valence electrons. The first-order valence-corrected chi connectivity index (χ1v) is 5.32. The van der Waals surface area contributed by atoms with Gasteiger partial charge >= 0.3 is 0 Å². The van der Waals surface area contributed by atoms with Gasteiger partial charge in [-0.25, -0.2) is 0 Å². The fraction of sp³-hybridized carbons (Fsp3) is 0.111. The minimum atomic E-state index is 0.922. The molecule has 0 unspecified atom stereocenters. The number of alkyl halides is 1. The molecule has 2 heteroatoms. The van der Waals surface area contributed by atoms with Crippen molar-refractivity contribution in [1.29, 1.82) is 0 Å². The molecule has 0 nitrogen and oxygen atoms in total. The van der Waals surface area contributed by atoms with Crippen LogP contribution in [0.5, 0.6) is 0 Å². The van der Waals surface area contributed by atoms with Crippen LogP contribution in [0.3, 0.4) is 0 Å². The SMILES string of the molecule is BrC=Cc1ccc(CBr)cc1. The molecule has 11 heavy (non-hydrogen) atoms. The molecule has 1 rings (SSSR count). The Morgan fingerprint density at radius 2 is 1.82 bits per heavy atom. The average Bonchev–Trinajstić information content (AvgIpc) is 2.07. The van der Waals surface area contributed by atoms with Gasteiger partial charge in [0.25, 0.3) is 0 Å². The van der Waals surface area contributed by atoms with Crippen LogP contribution in [0.1, 0.15) is 11.1 Å². The van der Waals surface area contributed by atoms with E-state index in [-0.39, 0.29) is 0 Å². The van der Waals surface area contributed by atoms with Crippen LogP contribution >= 0.6 is 31.9 Å². The zero-order chi connectivity index (χ0) is 8.10. The number of rotatable bonds is 2. The fourth-order valence-electron chi connectivity index (χ4n) is 0.791. The Hall–Kier alpha value is -0.0800. The van der Waals surface area contributed by atoms with Crippen molar-refractivity contribution < 1.29 is 0 Å². The summed E-state index contributed by atoms with van der Waals surface area (Å²) in [4.78, 5) is 1.86. The molecule has 1 aromatic carbocycles. The highest BCUT2D eigenvalue weighted by Gasteiger charge is 1.88. The van der Waals surface area contributed by atoms with Gasteiger partial charge in [0.15, 0.2) is 0 Å². The van der Waals surface area contributed by atoms with Gasteiger partial charge in [0.1, 0.15) is 0 Å². The lowest BCUT2D eigenvalue weighted by atomic mass is 10.1. The predicted octanol–water partition coefficient (Wildman–Crippen LogP) is 3.95. The highest BCUT2D eigenvalue weighted by molar-refractivity contribution is 9.11. The van der Waals surface area contributed by atoms with Crippen molar-refractivity contribution in [3.63, 3.8) is 0 Å². The summed E-state index contributed by atoms with van der Waals surface area (Å²) < 4.78 is 0. The first-order valence-electron chi connectivity index (χ1n) is 3.28. The molecule has 0 aliphatic carbocycles. The monoisotopic (exact) mass is 274 g/mol. The number of hydrogen-bond donors (Lipinski definition) is 0. The highest BCUT2D eigenvalue weighted by Crippen LogP contribution is 2.09. The Balaban J connectivity index is 2.82. The van der Waals surface area contributed by atoms with Crippen molar-refractivity contribution in [3.8, 4) is 0 Å². The largest absolute Gasteiger partial charge is 0.0876 e. The molecular weight excluding hydrogens is 268 g/mol. The standard InChI is InChI=1S/C9H8Br2/c10-6-5-8-1-3-9(7-11)4-2-8/h1-6H,7H2. The lowest BCUT2D eigenvalue weighted by Crippen LogP contribution is -1.76. The molecule has 0 radical (unpaired) electrons. The minimum absolute atomic E-state index is 0.922. The summed E-state index contributed by atoms with van der Waals surface area (Å²) >= 11 is 6.63. The Bertz CT molecular complexity index is 236. The molecule has 0 fully saturated rings. The molecule has 0 N–H and O–H groups in total. The molecule has 0 atom stereocenters. The zero-order valence-electron chi connectivity index (χ0n) is 5.93. The smallest absolute Gasteiger partial charge is 0.0283 e. The summed E-state index contributed by atoms with van der Waals surface area (Å²) in [5, 5.41) is 0.922. The van der Waals surface area contributed by atoms with E-state index in [0.29, 0.717) is 0 Å². The molecule has 0 bridgehead atoms. The van der Waals surface area contributed by atoms with E-state index in [0.717, 1.165) is 5.33 Å². The van der Waals surface area contributed by atoms with E-state index in [9.17, 15) is 0 Å².